The maximum Gasteiger partial charge on any atom is 0.161 e. The van der Waals surface area contributed by atoms with E-state index in [9.17, 15) is 4.57 Å². The van der Waals surface area contributed by atoms with Gasteiger partial charge in [0, 0.05) is 5.16 Å². The fraction of sp³-hybridized carbons (Fsp3) is 1.00. The summed E-state index contributed by atoms with van der Waals surface area (Å²) in [5.41, 5.74) is 0. The van der Waals surface area contributed by atoms with Gasteiger partial charge in [-0.05, 0) is 19.8 Å². The zero-order valence-electron chi connectivity index (χ0n) is 5.89. The van der Waals surface area contributed by atoms with E-state index in [4.69, 9.17) is 0 Å². The van der Waals surface area contributed by atoms with Gasteiger partial charge in [-0.1, -0.05) is 19.3 Å². The third-order valence-corrected chi connectivity index (χ3v) is 3.04. The van der Waals surface area contributed by atoms with Gasteiger partial charge in [0.2, 0.25) is 0 Å². The average Bonchev–Trinajstić information content (AvgIpc) is 1.90. The molecule has 0 atom stereocenters. The van der Waals surface area contributed by atoms with E-state index in [1.54, 1.807) is 0 Å². The van der Waals surface area contributed by atoms with Gasteiger partial charge in [-0.3, -0.25) is 4.57 Å². The fourth-order valence-corrected chi connectivity index (χ4v) is 1.90. The van der Waals surface area contributed by atoms with Gasteiger partial charge in [0.05, 0.1) is 0 Å². The van der Waals surface area contributed by atoms with Gasteiger partial charge in [0.1, 0.15) is 0 Å². The lowest BCUT2D eigenvalue weighted by Crippen LogP contribution is -2.19. The molecule has 0 radical (unpaired) electrons. The van der Waals surface area contributed by atoms with Gasteiger partial charge in [-0.2, -0.15) is 0 Å². The van der Waals surface area contributed by atoms with Crippen molar-refractivity contribution in [1.82, 2.24) is 0 Å². The van der Waals surface area contributed by atoms with Crippen molar-refractivity contribution >= 4 is 8.46 Å². The molecular weight excluding hydrogens is 131 g/mol. The summed E-state index contributed by atoms with van der Waals surface area (Å²) < 4.78 is 10.6. The molecule has 1 nitrogen and oxygen atoms in total. The molecule has 1 rings (SSSR count). The molecule has 1 fully saturated rings. The molecule has 0 aliphatic heterocycles. The summed E-state index contributed by atoms with van der Waals surface area (Å²) in [6, 6.07) is 0. The molecule has 0 unspecified atom stereocenters. The van der Waals surface area contributed by atoms with E-state index >= 15 is 0 Å². The molecule has 0 bridgehead atoms. The van der Waals surface area contributed by atoms with Crippen LogP contribution in [0.3, 0.4) is 0 Å². The molecule has 9 heavy (non-hydrogen) atoms. The first kappa shape index (κ1) is 7.21. The number of hydrogen-bond acceptors (Lipinski definition) is 1. The minimum Gasteiger partial charge on any atom is -0.274 e. The van der Waals surface area contributed by atoms with Crippen molar-refractivity contribution in [3.05, 3.63) is 0 Å². The zero-order chi connectivity index (χ0) is 6.74. The van der Waals surface area contributed by atoms with Crippen LogP contribution in [0.1, 0.15) is 39.0 Å². The van der Waals surface area contributed by atoms with Crippen LogP contribution in [0.5, 0.6) is 0 Å². The molecule has 2 heteroatoms. The molecule has 0 spiro atoms. The molecule has 0 amide bonds. The van der Waals surface area contributed by atoms with Crippen LogP contribution in [-0.4, -0.2) is 5.16 Å². The van der Waals surface area contributed by atoms with Crippen molar-refractivity contribution in [1.29, 1.82) is 0 Å². The van der Waals surface area contributed by atoms with E-state index in [0.29, 0.717) is 8.46 Å². The zero-order valence-corrected chi connectivity index (χ0v) is 6.79. The summed E-state index contributed by atoms with van der Waals surface area (Å²) >= 11 is 0. The molecule has 1 aliphatic rings. The van der Waals surface area contributed by atoms with E-state index in [1.807, 2.05) is 0 Å². The molecule has 0 saturated heterocycles. The van der Waals surface area contributed by atoms with Crippen LogP contribution in [0.15, 0.2) is 0 Å². The molecule has 52 valence electrons. The second kappa shape index (κ2) is 2.79. The van der Waals surface area contributed by atoms with Crippen LogP contribution in [0.2, 0.25) is 0 Å². The van der Waals surface area contributed by atoms with Crippen LogP contribution in [-0.2, 0) is 4.57 Å². The molecule has 0 N–H and O–H groups in total. The van der Waals surface area contributed by atoms with Crippen molar-refractivity contribution in [2.24, 2.45) is 0 Å². The number of rotatable bonds is 1. The summed E-state index contributed by atoms with van der Waals surface area (Å²) in [6.07, 6.45) is 6.18. The Balaban J connectivity index is 2.46. The highest BCUT2D eigenvalue weighted by Crippen LogP contribution is 2.37. The summed E-state index contributed by atoms with van der Waals surface area (Å²) in [5, 5.41) is 0.137. The highest BCUT2D eigenvalue weighted by atomic mass is 31.1. The Morgan fingerprint density at radius 3 is 2.11 bits per heavy atom. The van der Waals surface area contributed by atoms with E-state index in [-0.39, 0.29) is 5.16 Å². The highest BCUT2D eigenvalue weighted by molar-refractivity contribution is 7.25. The Kier molecular flexibility index (Phi) is 2.23. The van der Waals surface area contributed by atoms with Crippen molar-refractivity contribution in [2.45, 2.75) is 44.2 Å². The smallest absolute Gasteiger partial charge is 0.161 e. The Morgan fingerprint density at radius 1 is 1.22 bits per heavy atom. The third-order valence-electron chi connectivity index (χ3n) is 2.15. The molecular formula is C7H13OP. The maximum absolute atomic E-state index is 10.6. The fourth-order valence-electron chi connectivity index (χ4n) is 1.40. The summed E-state index contributed by atoms with van der Waals surface area (Å²) in [7, 11) is 0.354. The summed E-state index contributed by atoms with van der Waals surface area (Å²) in [6.45, 7) is 2.11. The van der Waals surface area contributed by atoms with Crippen LogP contribution >= 0.6 is 8.46 Å². The number of hydrogen-bond donors (Lipinski definition) is 0. The van der Waals surface area contributed by atoms with Gasteiger partial charge in [-0.15, -0.1) is 0 Å². The summed E-state index contributed by atoms with van der Waals surface area (Å²) in [4.78, 5) is 0. The van der Waals surface area contributed by atoms with E-state index < -0.39 is 0 Å². The normalized spacial score (nSPS) is 26.3. The molecule has 0 aromatic heterocycles. The molecule has 0 aromatic rings. The van der Waals surface area contributed by atoms with Gasteiger partial charge >= 0.3 is 0 Å². The Bertz CT molecular complexity index is 105. The van der Waals surface area contributed by atoms with Crippen LogP contribution in [0.4, 0.5) is 0 Å². The van der Waals surface area contributed by atoms with Crippen LogP contribution in [0.25, 0.3) is 0 Å². The maximum atomic E-state index is 10.6. The van der Waals surface area contributed by atoms with E-state index in [1.165, 1.54) is 19.3 Å². The van der Waals surface area contributed by atoms with Gasteiger partial charge < -0.3 is 0 Å². The lowest BCUT2D eigenvalue weighted by Gasteiger charge is -2.25. The van der Waals surface area contributed by atoms with Crippen LogP contribution < -0.4 is 0 Å². The van der Waals surface area contributed by atoms with E-state index in [2.05, 4.69) is 6.92 Å². The first-order chi connectivity index (χ1) is 4.27. The van der Waals surface area contributed by atoms with Gasteiger partial charge in [0.15, 0.2) is 8.46 Å². The summed E-state index contributed by atoms with van der Waals surface area (Å²) in [5.74, 6) is 0. The third kappa shape index (κ3) is 1.76. The topological polar surface area (TPSA) is 17.1 Å². The Labute approximate surface area is 58.0 Å². The highest BCUT2D eigenvalue weighted by Gasteiger charge is 2.26. The van der Waals surface area contributed by atoms with Crippen molar-refractivity contribution in [2.75, 3.05) is 0 Å². The standard InChI is InChI=1S/C7H13OP/c1-7(9-8)5-3-2-4-6-7/h2-6H2,1H3. The first-order valence-electron chi connectivity index (χ1n) is 3.61. The van der Waals surface area contributed by atoms with Crippen LogP contribution in [0, 0.1) is 0 Å². The molecule has 1 saturated carbocycles. The predicted octanol–water partition coefficient (Wildman–Crippen LogP) is 3.00. The predicted molar refractivity (Wildman–Crippen MR) is 39.1 cm³/mol. The molecule has 0 heterocycles. The largest absolute Gasteiger partial charge is 0.274 e. The lowest BCUT2D eigenvalue weighted by molar-refractivity contribution is 0.407. The minimum absolute atomic E-state index is 0.137. The Morgan fingerprint density at radius 2 is 1.78 bits per heavy atom. The molecule has 0 aromatic carbocycles. The van der Waals surface area contributed by atoms with E-state index in [0.717, 1.165) is 12.8 Å². The minimum atomic E-state index is 0.137. The quantitative estimate of drug-likeness (QED) is 0.517. The SMILES string of the molecule is CC1(P=O)CCCCC1. The van der Waals surface area contributed by atoms with Crippen molar-refractivity contribution in [3.63, 3.8) is 0 Å². The average molecular weight is 144 g/mol. The molecule has 1 aliphatic carbocycles. The second-order valence-corrected chi connectivity index (χ2v) is 4.41. The van der Waals surface area contributed by atoms with Gasteiger partial charge in [0.25, 0.3) is 0 Å². The first-order valence-corrected chi connectivity index (χ1v) is 4.43. The second-order valence-electron chi connectivity index (χ2n) is 3.15. The van der Waals surface area contributed by atoms with Crippen molar-refractivity contribution in [3.8, 4) is 0 Å². The lowest BCUT2D eigenvalue weighted by atomic mass is 9.90. The monoisotopic (exact) mass is 144 g/mol. The Hall–Kier alpha value is 0.100. The van der Waals surface area contributed by atoms with Crippen molar-refractivity contribution < 1.29 is 4.57 Å². The van der Waals surface area contributed by atoms with Gasteiger partial charge in [-0.25, -0.2) is 0 Å².